The number of benzene rings is 2. The second kappa shape index (κ2) is 6.75. The Morgan fingerprint density at radius 2 is 1.92 bits per heavy atom. The summed E-state index contributed by atoms with van der Waals surface area (Å²) in [6.45, 7) is 4.26. The molecule has 1 aromatic heterocycles. The summed E-state index contributed by atoms with van der Waals surface area (Å²) >= 11 is 0. The summed E-state index contributed by atoms with van der Waals surface area (Å²) < 4.78 is 5.32. The third-order valence-corrected chi connectivity index (χ3v) is 4.59. The first kappa shape index (κ1) is 16.5. The summed E-state index contributed by atoms with van der Waals surface area (Å²) in [6.07, 6.45) is 2.24. The zero-order chi connectivity index (χ0) is 18.1. The molecule has 1 aliphatic rings. The first-order valence-corrected chi connectivity index (χ1v) is 8.95. The number of nitrogens with zero attached hydrogens (tertiary/aromatic N) is 2. The second-order valence-electron chi connectivity index (χ2n) is 7.04. The average molecular weight is 347 g/mol. The molecule has 0 radical (unpaired) electrons. The largest absolute Gasteiger partial charge is 0.339 e. The van der Waals surface area contributed by atoms with Crippen molar-refractivity contribution in [3.8, 4) is 11.4 Å². The van der Waals surface area contributed by atoms with Gasteiger partial charge in [-0.2, -0.15) is 4.98 Å². The van der Waals surface area contributed by atoms with Crippen LogP contribution in [0.4, 0.5) is 5.69 Å². The topological polar surface area (TPSA) is 68.0 Å². The number of hydrogen-bond donors (Lipinski definition) is 1. The van der Waals surface area contributed by atoms with Gasteiger partial charge in [0, 0.05) is 22.7 Å². The van der Waals surface area contributed by atoms with E-state index >= 15 is 0 Å². The number of amides is 1. The van der Waals surface area contributed by atoms with Crippen LogP contribution in [-0.4, -0.2) is 16.0 Å². The van der Waals surface area contributed by atoms with Gasteiger partial charge in [-0.25, -0.2) is 0 Å². The number of carbonyl (C=O) groups is 1. The predicted molar refractivity (Wildman–Crippen MR) is 100 cm³/mol. The molecule has 1 fully saturated rings. The van der Waals surface area contributed by atoms with Crippen molar-refractivity contribution in [2.75, 3.05) is 5.32 Å². The van der Waals surface area contributed by atoms with E-state index in [-0.39, 0.29) is 5.91 Å². The van der Waals surface area contributed by atoms with Gasteiger partial charge in [0.15, 0.2) is 0 Å². The summed E-state index contributed by atoms with van der Waals surface area (Å²) in [6, 6.07) is 15.2. The molecule has 1 N–H and O–H groups in total. The third-order valence-electron chi connectivity index (χ3n) is 4.59. The Morgan fingerprint density at radius 1 is 1.15 bits per heavy atom. The van der Waals surface area contributed by atoms with Crippen molar-refractivity contribution < 1.29 is 9.32 Å². The molecule has 1 aliphatic carbocycles. The van der Waals surface area contributed by atoms with E-state index in [0.29, 0.717) is 34.8 Å². The maximum Gasteiger partial charge on any atom is 0.255 e. The molecule has 1 amide bonds. The van der Waals surface area contributed by atoms with Gasteiger partial charge in [0.2, 0.25) is 11.7 Å². The van der Waals surface area contributed by atoms with Gasteiger partial charge in [-0.15, -0.1) is 0 Å². The third kappa shape index (κ3) is 3.52. The van der Waals surface area contributed by atoms with E-state index in [0.717, 1.165) is 18.4 Å². The highest BCUT2D eigenvalue weighted by atomic mass is 16.5. The van der Waals surface area contributed by atoms with E-state index in [1.54, 1.807) is 0 Å². The minimum absolute atomic E-state index is 0.135. The van der Waals surface area contributed by atoms with E-state index in [2.05, 4.69) is 29.3 Å². The Hall–Kier alpha value is -2.95. The Bertz CT molecular complexity index is 924. The lowest BCUT2D eigenvalue weighted by atomic mass is 10.0. The smallest absolute Gasteiger partial charge is 0.255 e. The molecule has 0 bridgehead atoms. The lowest BCUT2D eigenvalue weighted by Crippen LogP contribution is -2.11. The van der Waals surface area contributed by atoms with Crippen LogP contribution in [0.1, 0.15) is 60.3 Å². The predicted octanol–water partition coefficient (Wildman–Crippen LogP) is 4.99. The molecule has 132 valence electrons. The summed E-state index contributed by atoms with van der Waals surface area (Å²) in [7, 11) is 0. The van der Waals surface area contributed by atoms with Gasteiger partial charge in [0.05, 0.1) is 0 Å². The molecule has 1 heterocycles. The number of aromatic nitrogens is 2. The second-order valence-corrected chi connectivity index (χ2v) is 7.04. The Labute approximate surface area is 152 Å². The molecule has 0 unspecified atom stereocenters. The van der Waals surface area contributed by atoms with Crippen LogP contribution in [-0.2, 0) is 0 Å². The van der Waals surface area contributed by atoms with Crippen LogP contribution in [0, 0.1) is 0 Å². The van der Waals surface area contributed by atoms with Crippen molar-refractivity contribution in [2.45, 2.75) is 38.5 Å². The Balaban J connectivity index is 1.49. The first-order valence-electron chi connectivity index (χ1n) is 8.95. The van der Waals surface area contributed by atoms with Gasteiger partial charge in [-0.1, -0.05) is 43.3 Å². The molecule has 1 saturated carbocycles. The number of anilines is 1. The van der Waals surface area contributed by atoms with Gasteiger partial charge >= 0.3 is 0 Å². The van der Waals surface area contributed by atoms with Crippen LogP contribution in [0.2, 0.25) is 0 Å². The van der Waals surface area contributed by atoms with Gasteiger partial charge < -0.3 is 9.84 Å². The lowest BCUT2D eigenvalue weighted by molar-refractivity contribution is 0.102. The maximum absolute atomic E-state index is 12.5. The molecule has 0 spiro atoms. The fraction of sp³-hybridized carbons (Fsp3) is 0.286. The zero-order valence-electron chi connectivity index (χ0n) is 14.9. The number of hydrogen-bond acceptors (Lipinski definition) is 4. The molecule has 3 aromatic rings. The average Bonchev–Trinajstić information content (AvgIpc) is 3.39. The quantitative estimate of drug-likeness (QED) is 0.706. The first-order chi connectivity index (χ1) is 12.6. The van der Waals surface area contributed by atoms with Crippen molar-refractivity contribution >= 4 is 11.6 Å². The highest BCUT2D eigenvalue weighted by molar-refractivity contribution is 6.04. The SMILES string of the molecule is CC(C)c1ccc(C(=O)Nc2cccc(-c3noc(C4CC4)n3)c2)cc1. The fourth-order valence-corrected chi connectivity index (χ4v) is 2.81. The monoisotopic (exact) mass is 347 g/mol. The standard InChI is InChI=1S/C21H21N3O2/c1-13(2)14-6-8-15(9-7-14)20(25)22-18-5-3-4-17(12-18)19-23-21(26-24-19)16-10-11-16/h3-9,12-13,16H,10-11H2,1-2H3,(H,22,25). The normalized spacial score (nSPS) is 13.8. The summed E-state index contributed by atoms with van der Waals surface area (Å²) in [5.41, 5.74) is 3.38. The molecule has 0 aliphatic heterocycles. The summed E-state index contributed by atoms with van der Waals surface area (Å²) in [5, 5.41) is 6.99. The van der Waals surface area contributed by atoms with E-state index in [1.165, 1.54) is 5.56 Å². The summed E-state index contributed by atoms with van der Waals surface area (Å²) in [4.78, 5) is 16.9. The van der Waals surface area contributed by atoms with Crippen molar-refractivity contribution in [3.63, 3.8) is 0 Å². The van der Waals surface area contributed by atoms with Crippen LogP contribution in [0.25, 0.3) is 11.4 Å². The van der Waals surface area contributed by atoms with E-state index in [9.17, 15) is 4.79 Å². The van der Waals surface area contributed by atoms with Gasteiger partial charge in [-0.05, 0) is 48.6 Å². The van der Waals surface area contributed by atoms with E-state index in [4.69, 9.17) is 4.52 Å². The van der Waals surface area contributed by atoms with Gasteiger partial charge in [0.25, 0.3) is 5.91 Å². The molecule has 5 nitrogen and oxygen atoms in total. The number of nitrogens with one attached hydrogen (secondary N) is 1. The highest BCUT2D eigenvalue weighted by Gasteiger charge is 2.29. The van der Waals surface area contributed by atoms with E-state index < -0.39 is 0 Å². The van der Waals surface area contributed by atoms with Gasteiger partial charge in [-0.3, -0.25) is 4.79 Å². The van der Waals surface area contributed by atoms with Gasteiger partial charge in [0.1, 0.15) is 0 Å². The van der Waals surface area contributed by atoms with Crippen LogP contribution >= 0.6 is 0 Å². The molecular formula is C21H21N3O2. The van der Waals surface area contributed by atoms with Crippen LogP contribution < -0.4 is 5.32 Å². The van der Waals surface area contributed by atoms with Crippen LogP contribution in [0.3, 0.4) is 0 Å². The molecule has 26 heavy (non-hydrogen) atoms. The summed E-state index contributed by atoms with van der Waals surface area (Å²) in [5.74, 6) is 2.00. The van der Waals surface area contributed by atoms with E-state index in [1.807, 2.05) is 48.5 Å². The minimum Gasteiger partial charge on any atom is -0.339 e. The number of carbonyl (C=O) groups excluding carboxylic acids is 1. The maximum atomic E-state index is 12.5. The highest BCUT2D eigenvalue weighted by Crippen LogP contribution is 2.39. The molecule has 0 atom stereocenters. The lowest BCUT2D eigenvalue weighted by Gasteiger charge is -2.08. The Morgan fingerprint density at radius 3 is 2.62 bits per heavy atom. The van der Waals surface area contributed by atoms with Crippen molar-refractivity contribution in [1.82, 2.24) is 10.1 Å². The van der Waals surface area contributed by atoms with Crippen molar-refractivity contribution in [1.29, 1.82) is 0 Å². The number of rotatable bonds is 5. The Kier molecular flexibility index (Phi) is 4.29. The fourth-order valence-electron chi connectivity index (χ4n) is 2.81. The molecule has 4 rings (SSSR count). The zero-order valence-corrected chi connectivity index (χ0v) is 14.9. The van der Waals surface area contributed by atoms with Crippen LogP contribution in [0.5, 0.6) is 0 Å². The molecule has 0 saturated heterocycles. The molecule has 5 heteroatoms. The van der Waals surface area contributed by atoms with Crippen molar-refractivity contribution in [2.24, 2.45) is 0 Å². The molecular weight excluding hydrogens is 326 g/mol. The molecule has 2 aromatic carbocycles. The minimum atomic E-state index is -0.135. The van der Waals surface area contributed by atoms with Crippen LogP contribution in [0.15, 0.2) is 53.1 Å². The van der Waals surface area contributed by atoms with Crippen molar-refractivity contribution in [3.05, 3.63) is 65.5 Å².